The fraction of sp³-hybridized carbons (Fsp3) is 0.136. The molecule has 0 saturated carbocycles. The summed E-state index contributed by atoms with van der Waals surface area (Å²) in [4.78, 5) is 35.8. The number of hydrogen-bond acceptors (Lipinski definition) is 9. The number of aliphatic carboxylic acids is 1. The Labute approximate surface area is 205 Å². The molecule has 2 heterocycles. The molecule has 0 aliphatic carbocycles. The molecular formula is C22H24N6O7S. The van der Waals surface area contributed by atoms with Crippen molar-refractivity contribution in [2.24, 2.45) is 0 Å². The number of nitrogens with zero attached hydrogens (tertiary/aromatic N) is 3. The molecular weight excluding hydrogens is 492 g/mol. The summed E-state index contributed by atoms with van der Waals surface area (Å²) < 4.78 is 33.1. The normalized spacial score (nSPS) is 10.4. The lowest BCUT2D eigenvalue weighted by atomic mass is 10.2. The van der Waals surface area contributed by atoms with Crippen LogP contribution in [0.15, 0.2) is 64.5 Å². The average molecular weight is 517 g/mol. The Bertz CT molecular complexity index is 1500. The molecule has 0 amide bonds. The maximum Gasteiger partial charge on any atom is 0.347 e. The summed E-state index contributed by atoms with van der Waals surface area (Å²) in [6.45, 7) is 2.94. The van der Waals surface area contributed by atoms with E-state index in [4.69, 9.17) is 14.6 Å². The Morgan fingerprint density at radius 1 is 1.03 bits per heavy atom. The molecule has 14 heteroatoms. The van der Waals surface area contributed by atoms with Crippen LogP contribution in [-0.2, 0) is 14.8 Å². The van der Waals surface area contributed by atoms with Gasteiger partial charge in [-0.1, -0.05) is 17.7 Å². The number of nitrogens with one attached hydrogen (secondary N) is 3. The van der Waals surface area contributed by atoms with E-state index in [-0.39, 0.29) is 33.0 Å². The molecule has 0 spiro atoms. The van der Waals surface area contributed by atoms with Gasteiger partial charge in [-0.2, -0.15) is 4.98 Å². The number of anilines is 3. The van der Waals surface area contributed by atoms with Crippen LogP contribution in [0.4, 0.5) is 17.3 Å². The first-order chi connectivity index (χ1) is 16.6. The second-order valence-corrected chi connectivity index (χ2v) is 8.81. The van der Waals surface area contributed by atoms with E-state index in [2.05, 4.69) is 30.0 Å². The van der Waals surface area contributed by atoms with Crippen molar-refractivity contribution in [1.82, 2.24) is 19.9 Å². The van der Waals surface area contributed by atoms with Crippen LogP contribution in [-0.4, -0.2) is 52.0 Å². The molecule has 0 aliphatic rings. The lowest BCUT2D eigenvalue weighted by Crippen LogP contribution is -2.18. The van der Waals surface area contributed by atoms with Crippen molar-refractivity contribution in [1.29, 1.82) is 0 Å². The van der Waals surface area contributed by atoms with Gasteiger partial charge in [0, 0.05) is 12.6 Å². The molecule has 2 aromatic carbocycles. The molecule has 0 unspecified atom stereocenters. The molecule has 0 fully saturated rings. The predicted molar refractivity (Wildman–Crippen MR) is 133 cm³/mol. The van der Waals surface area contributed by atoms with Gasteiger partial charge in [0.25, 0.3) is 16.0 Å². The van der Waals surface area contributed by atoms with Gasteiger partial charge in [0.2, 0.25) is 0 Å². The number of ether oxygens (including phenoxy) is 1. The molecule has 0 atom stereocenters. The van der Waals surface area contributed by atoms with Crippen LogP contribution in [0.2, 0.25) is 0 Å². The molecule has 4 rings (SSSR count). The van der Waals surface area contributed by atoms with E-state index >= 15 is 0 Å². The molecule has 2 aromatic heterocycles. The van der Waals surface area contributed by atoms with Crippen molar-refractivity contribution in [2.75, 3.05) is 17.1 Å². The number of carboxylic acid groups (broad SMARTS) is 1. The Morgan fingerprint density at radius 2 is 1.64 bits per heavy atom. The molecule has 6 N–H and O–H groups in total. The highest BCUT2D eigenvalue weighted by molar-refractivity contribution is 7.92. The quantitative estimate of drug-likeness (QED) is 0.292. The standard InChI is InChI=1S/C20H18N6O4S.C2H4O2.H2O/c1-12-3-9-15(10-4-12)31(28,29)26-18-17-16(21-11-22-18)19(25-20(27)24-17)23-13-5-7-14(30-2)8-6-13;1-2(3)4;/h3-11H,1-2H3,(H,21,22,26)(H2,23,24,25,27);1H3,(H,3,4);1H2. The van der Waals surface area contributed by atoms with Gasteiger partial charge in [-0.05, 0) is 43.3 Å². The monoisotopic (exact) mass is 516 g/mol. The van der Waals surface area contributed by atoms with E-state index in [9.17, 15) is 13.2 Å². The first kappa shape index (κ1) is 27.7. The van der Waals surface area contributed by atoms with Gasteiger partial charge >= 0.3 is 5.69 Å². The van der Waals surface area contributed by atoms with Gasteiger partial charge in [-0.3, -0.25) is 9.52 Å². The van der Waals surface area contributed by atoms with Crippen molar-refractivity contribution < 1.29 is 28.5 Å². The smallest absolute Gasteiger partial charge is 0.347 e. The SMILES string of the molecule is CC(=O)O.COc1ccc(Nc2nc(=O)[nH]c3c(NS(=O)(=O)c4ccc(C)cc4)ncnc23)cc1.O. The fourth-order valence-corrected chi connectivity index (χ4v) is 3.87. The average Bonchev–Trinajstić information content (AvgIpc) is 2.80. The topological polar surface area (TPSA) is 208 Å². The molecule has 0 saturated heterocycles. The third-order valence-corrected chi connectivity index (χ3v) is 5.79. The molecule has 0 radical (unpaired) electrons. The lowest BCUT2D eigenvalue weighted by Gasteiger charge is -2.12. The largest absolute Gasteiger partial charge is 0.497 e. The summed E-state index contributed by atoms with van der Waals surface area (Å²) >= 11 is 0. The van der Waals surface area contributed by atoms with Crippen molar-refractivity contribution in [3.63, 3.8) is 0 Å². The van der Waals surface area contributed by atoms with Crippen LogP contribution < -0.4 is 20.5 Å². The third kappa shape index (κ3) is 6.97. The van der Waals surface area contributed by atoms with Crippen LogP contribution in [0.25, 0.3) is 11.0 Å². The number of rotatable bonds is 6. The van der Waals surface area contributed by atoms with Gasteiger partial charge in [-0.15, -0.1) is 0 Å². The molecule has 4 aromatic rings. The highest BCUT2D eigenvalue weighted by Crippen LogP contribution is 2.26. The van der Waals surface area contributed by atoms with Gasteiger partial charge in [0.05, 0.1) is 12.0 Å². The van der Waals surface area contributed by atoms with Gasteiger partial charge in [0.1, 0.15) is 23.1 Å². The highest BCUT2D eigenvalue weighted by Gasteiger charge is 2.19. The number of benzene rings is 2. The number of sulfonamides is 1. The van der Waals surface area contributed by atoms with Crippen molar-refractivity contribution in [2.45, 2.75) is 18.7 Å². The summed E-state index contributed by atoms with van der Waals surface area (Å²) in [5.74, 6) is -0.0747. The maximum absolute atomic E-state index is 12.8. The Morgan fingerprint density at radius 3 is 2.22 bits per heavy atom. The zero-order chi connectivity index (χ0) is 25.6. The second kappa shape index (κ2) is 11.7. The van der Waals surface area contributed by atoms with Crippen LogP contribution in [0.5, 0.6) is 5.75 Å². The first-order valence-electron chi connectivity index (χ1n) is 10.0. The van der Waals surface area contributed by atoms with Crippen molar-refractivity contribution >= 4 is 44.3 Å². The minimum Gasteiger partial charge on any atom is -0.497 e. The number of aromatic nitrogens is 4. The number of H-pyrrole nitrogens is 1. The van der Waals surface area contributed by atoms with Gasteiger partial charge in [-0.25, -0.2) is 23.2 Å². The van der Waals surface area contributed by atoms with E-state index in [1.54, 1.807) is 43.5 Å². The number of carboxylic acids is 1. The van der Waals surface area contributed by atoms with E-state index in [1.807, 2.05) is 6.92 Å². The zero-order valence-corrected chi connectivity index (χ0v) is 20.3. The maximum atomic E-state index is 12.8. The highest BCUT2D eigenvalue weighted by atomic mass is 32.2. The zero-order valence-electron chi connectivity index (χ0n) is 19.4. The summed E-state index contributed by atoms with van der Waals surface area (Å²) in [6, 6.07) is 13.3. The summed E-state index contributed by atoms with van der Waals surface area (Å²) in [7, 11) is -2.37. The second-order valence-electron chi connectivity index (χ2n) is 7.13. The Kier molecular flexibility index (Phi) is 9.01. The number of fused-ring (bicyclic) bond motifs is 1. The third-order valence-electron chi connectivity index (χ3n) is 4.43. The Hall–Kier alpha value is -4.56. The minimum absolute atomic E-state index is 0. The van der Waals surface area contributed by atoms with E-state index in [0.717, 1.165) is 12.5 Å². The van der Waals surface area contributed by atoms with Crippen LogP contribution in [0, 0.1) is 6.92 Å². The van der Waals surface area contributed by atoms with E-state index in [1.165, 1.54) is 18.5 Å². The van der Waals surface area contributed by atoms with Crippen LogP contribution >= 0.6 is 0 Å². The first-order valence-corrected chi connectivity index (χ1v) is 11.5. The summed E-state index contributed by atoms with van der Waals surface area (Å²) in [5.41, 5.74) is 1.23. The lowest BCUT2D eigenvalue weighted by molar-refractivity contribution is -0.134. The van der Waals surface area contributed by atoms with Crippen LogP contribution in [0.1, 0.15) is 12.5 Å². The predicted octanol–water partition coefficient (Wildman–Crippen LogP) is 1.84. The molecule has 0 aliphatic heterocycles. The minimum atomic E-state index is -3.93. The number of hydrogen-bond donors (Lipinski definition) is 4. The molecule has 190 valence electrons. The van der Waals surface area contributed by atoms with Gasteiger partial charge < -0.3 is 25.6 Å². The van der Waals surface area contributed by atoms with Gasteiger partial charge in [0.15, 0.2) is 11.6 Å². The number of carbonyl (C=O) groups is 1. The Balaban J connectivity index is 0.000000850. The number of aromatic amines is 1. The van der Waals surface area contributed by atoms with Crippen molar-refractivity contribution in [3.8, 4) is 5.75 Å². The van der Waals surface area contributed by atoms with Crippen molar-refractivity contribution in [3.05, 3.63) is 70.9 Å². The fourth-order valence-electron chi connectivity index (χ4n) is 2.85. The number of methoxy groups -OCH3 is 1. The molecule has 0 bridgehead atoms. The summed E-state index contributed by atoms with van der Waals surface area (Å²) in [6.07, 6.45) is 1.19. The molecule has 36 heavy (non-hydrogen) atoms. The molecule has 13 nitrogen and oxygen atoms in total. The van der Waals surface area contributed by atoms with Crippen LogP contribution in [0.3, 0.4) is 0 Å². The van der Waals surface area contributed by atoms with E-state index in [0.29, 0.717) is 11.4 Å². The number of aryl methyl sites for hydroxylation is 1. The summed E-state index contributed by atoms with van der Waals surface area (Å²) in [5, 5.41) is 10.4. The van der Waals surface area contributed by atoms with E-state index < -0.39 is 21.7 Å².